The van der Waals surface area contributed by atoms with Gasteiger partial charge in [0, 0.05) is 31.3 Å². The molecule has 1 fully saturated rings. The Balaban J connectivity index is 1.29. The van der Waals surface area contributed by atoms with E-state index in [1.165, 1.54) is 12.1 Å². The van der Waals surface area contributed by atoms with Gasteiger partial charge in [0.25, 0.3) is 5.91 Å². The Morgan fingerprint density at radius 3 is 2.59 bits per heavy atom. The number of pyridine rings is 1. The number of likely N-dealkylation sites (tertiary alicyclic amines) is 1. The second kappa shape index (κ2) is 10.00. The summed E-state index contributed by atoms with van der Waals surface area (Å²) in [6.07, 6.45) is 7.36. The molecule has 4 aromatic rings. The maximum absolute atomic E-state index is 13.4. The highest BCUT2D eigenvalue weighted by Gasteiger charge is 2.32. The van der Waals surface area contributed by atoms with Crippen molar-refractivity contribution >= 4 is 5.91 Å². The molecule has 1 atom stereocenters. The molecule has 5 rings (SSSR count). The fourth-order valence-electron chi connectivity index (χ4n) is 4.46. The molecule has 0 bridgehead atoms. The van der Waals surface area contributed by atoms with Gasteiger partial charge in [-0.05, 0) is 54.7 Å². The summed E-state index contributed by atoms with van der Waals surface area (Å²) in [6.45, 7) is 0.658. The lowest BCUT2D eigenvalue weighted by atomic mass is 10.0. The van der Waals surface area contributed by atoms with Crippen LogP contribution in [0.1, 0.15) is 64.1 Å². The van der Waals surface area contributed by atoms with Gasteiger partial charge in [-0.15, -0.1) is 0 Å². The quantitative estimate of drug-likeness (QED) is 0.371. The minimum Gasteiger partial charge on any atom is -0.443 e. The molecule has 1 aliphatic heterocycles. The molecule has 2 aromatic heterocycles. The van der Waals surface area contributed by atoms with Crippen molar-refractivity contribution in [3.05, 3.63) is 119 Å². The number of benzene rings is 2. The Kier molecular flexibility index (Phi) is 6.47. The number of carbonyl (C=O) groups excluding carboxylic acids is 1. The lowest BCUT2D eigenvalue weighted by molar-refractivity contribution is 0.0569. The van der Waals surface area contributed by atoms with Crippen LogP contribution in [0.25, 0.3) is 0 Å². The Labute approximate surface area is 198 Å². The molecule has 0 spiro atoms. The summed E-state index contributed by atoms with van der Waals surface area (Å²) in [7, 11) is 0. The van der Waals surface area contributed by atoms with Gasteiger partial charge in [0.05, 0.1) is 11.8 Å². The van der Waals surface area contributed by atoms with Crippen LogP contribution in [0.15, 0.2) is 83.5 Å². The molecule has 0 N–H and O–H groups in total. The predicted octanol–water partition coefficient (Wildman–Crippen LogP) is 5.76. The van der Waals surface area contributed by atoms with Crippen LogP contribution in [0.3, 0.4) is 0 Å². The summed E-state index contributed by atoms with van der Waals surface area (Å²) in [5, 5.41) is 0. The number of amides is 1. The number of halogens is 1. The van der Waals surface area contributed by atoms with Crippen LogP contribution in [0.2, 0.25) is 0 Å². The van der Waals surface area contributed by atoms with Crippen molar-refractivity contribution in [1.29, 1.82) is 0 Å². The van der Waals surface area contributed by atoms with Crippen molar-refractivity contribution in [3.8, 4) is 0 Å². The van der Waals surface area contributed by atoms with E-state index in [4.69, 9.17) is 4.42 Å². The van der Waals surface area contributed by atoms with Gasteiger partial charge in [-0.2, -0.15) is 0 Å². The van der Waals surface area contributed by atoms with Crippen molar-refractivity contribution in [2.45, 2.75) is 38.1 Å². The zero-order valence-corrected chi connectivity index (χ0v) is 18.9. The summed E-state index contributed by atoms with van der Waals surface area (Å²) in [5.41, 5.74) is 3.32. The van der Waals surface area contributed by atoms with E-state index in [9.17, 15) is 9.18 Å². The average molecular weight is 456 g/mol. The number of rotatable bonds is 6. The van der Waals surface area contributed by atoms with E-state index in [2.05, 4.69) is 22.1 Å². The average Bonchev–Trinajstić information content (AvgIpc) is 3.33. The van der Waals surface area contributed by atoms with Crippen LogP contribution >= 0.6 is 0 Å². The molecular formula is C28H26FN3O2. The summed E-state index contributed by atoms with van der Waals surface area (Å²) < 4.78 is 19.5. The van der Waals surface area contributed by atoms with E-state index in [0.717, 1.165) is 41.8 Å². The molecule has 5 nitrogen and oxygen atoms in total. The summed E-state index contributed by atoms with van der Waals surface area (Å²) >= 11 is 0. The van der Waals surface area contributed by atoms with Crippen LogP contribution in [-0.4, -0.2) is 27.3 Å². The van der Waals surface area contributed by atoms with Crippen molar-refractivity contribution in [2.24, 2.45) is 0 Å². The van der Waals surface area contributed by atoms with E-state index in [1.807, 2.05) is 35.2 Å². The Morgan fingerprint density at radius 2 is 1.79 bits per heavy atom. The van der Waals surface area contributed by atoms with Gasteiger partial charge in [-0.25, -0.2) is 9.37 Å². The third-order valence-corrected chi connectivity index (χ3v) is 6.19. The van der Waals surface area contributed by atoms with Gasteiger partial charge in [-0.3, -0.25) is 9.78 Å². The first-order chi connectivity index (χ1) is 16.7. The molecule has 0 unspecified atom stereocenters. The first-order valence-electron chi connectivity index (χ1n) is 11.6. The first kappa shape index (κ1) is 22.0. The number of oxazole rings is 1. The summed E-state index contributed by atoms with van der Waals surface area (Å²) in [4.78, 5) is 24.2. The SMILES string of the molecule is O=C(c1ccc(Cc2cccc(F)c2)nc1)N1CCCC[C@H]1c1ncc(Cc2ccccc2)o1. The number of hydrogen-bond acceptors (Lipinski definition) is 4. The third-order valence-electron chi connectivity index (χ3n) is 6.19. The monoisotopic (exact) mass is 455 g/mol. The van der Waals surface area contributed by atoms with Crippen LogP contribution in [-0.2, 0) is 12.8 Å². The molecule has 1 aliphatic rings. The normalized spacial score (nSPS) is 15.9. The van der Waals surface area contributed by atoms with Crippen LogP contribution in [0.4, 0.5) is 4.39 Å². The second-order valence-corrected chi connectivity index (χ2v) is 8.68. The topological polar surface area (TPSA) is 59.2 Å². The molecule has 34 heavy (non-hydrogen) atoms. The van der Waals surface area contributed by atoms with Gasteiger partial charge in [0.2, 0.25) is 5.89 Å². The standard InChI is InChI=1S/C28H26FN3O2/c29-23-10-6-9-21(15-23)16-24-13-12-22(18-30-24)28(33)32-14-5-4-11-26(32)27-31-19-25(34-27)17-20-7-2-1-3-8-20/h1-3,6-10,12-13,15,18-19,26H,4-5,11,14,16-17H2/t26-/m0/s1. The maximum Gasteiger partial charge on any atom is 0.256 e. The highest BCUT2D eigenvalue weighted by Crippen LogP contribution is 2.32. The fourth-order valence-corrected chi connectivity index (χ4v) is 4.46. The Bertz CT molecular complexity index is 1250. The van der Waals surface area contributed by atoms with Gasteiger partial charge in [-0.1, -0.05) is 42.5 Å². The molecule has 0 saturated carbocycles. The van der Waals surface area contributed by atoms with Crippen LogP contribution < -0.4 is 0 Å². The van der Waals surface area contributed by atoms with Gasteiger partial charge < -0.3 is 9.32 Å². The van der Waals surface area contributed by atoms with Crippen molar-refractivity contribution in [1.82, 2.24) is 14.9 Å². The highest BCUT2D eigenvalue weighted by atomic mass is 19.1. The lowest BCUT2D eigenvalue weighted by Crippen LogP contribution is -2.38. The molecule has 2 aromatic carbocycles. The van der Waals surface area contributed by atoms with E-state index >= 15 is 0 Å². The number of carbonyl (C=O) groups is 1. The van der Waals surface area contributed by atoms with Gasteiger partial charge >= 0.3 is 0 Å². The van der Waals surface area contributed by atoms with E-state index in [0.29, 0.717) is 30.8 Å². The van der Waals surface area contributed by atoms with E-state index < -0.39 is 0 Å². The van der Waals surface area contributed by atoms with E-state index in [1.54, 1.807) is 24.5 Å². The lowest BCUT2D eigenvalue weighted by Gasteiger charge is -2.33. The number of aromatic nitrogens is 2. The third kappa shape index (κ3) is 5.06. The van der Waals surface area contributed by atoms with Gasteiger partial charge in [0.15, 0.2) is 0 Å². The molecule has 0 aliphatic carbocycles. The zero-order chi connectivity index (χ0) is 23.3. The fraction of sp³-hybridized carbons (Fsp3) is 0.250. The minimum atomic E-state index is -0.265. The molecule has 6 heteroatoms. The van der Waals surface area contributed by atoms with Crippen LogP contribution in [0.5, 0.6) is 0 Å². The minimum absolute atomic E-state index is 0.0719. The van der Waals surface area contributed by atoms with Crippen LogP contribution in [0, 0.1) is 5.82 Å². The van der Waals surface area contributed by atoms with Crippen molar-refractivity contribution < 1.29 is 13.6 Å². The second-order valence-electron chi connectivity index (χ2n) is 8.68. The molecule has 172 valence electrons. The van der Waals surface area contributed by atoms with Crippen molar-refractivity contribution in [2.75, 3.05) is 6.54 Å². The molecule has 3 heterocycles. The number of piperidine rings is 1. The molecule has 1 saturated heterocycles. The largest absolute Gasteiger partial charge is 0.443 e. The zero-order valence-electron chi connectivity index (χ0n) is 18.9. The molecule has 0 radical (unpaired) electrons. The number of nitrogens with zero attached hydrogens (tertiary/aromatic N) is 3. The Morgan fingerprint density at radius 1 is 0.941 bits per heavy atom. The van der Waals surface area contributed by atoms with Gasteiger partial charge in [0.1, 0.15) is 17.6 Å². The molecule has 1 amide bonds. The predicted molar refractivity (Wildman–Crippen MR) is 127 cm³/mol. The van der Waals surface area contributed by atoms with Crippen molar-refractivity contribution in [3.63, 3.8) is 0 Å². The highest BCUT2D eigenvalue weighted by molar-refractivity contribution is 5.94. The number of hydrogen-bond donors (Lipinski definition) is 0. The molecular weight excluding hydrogens is 429 g/mol. The van der Waals surface area contributed by atoms with E-state index in [-0.39, 0.29) is 17.8 Å². The summed E-state index contributed by atoms with van der Waals surface area (Å²) in [5.74, 6) is 1.05. The maximum atomic E-state index is 13.4. The smallest absolute Gasteiger partial charge is 0.256 e. The first-order valence-corrected chi connectivity index (χ1v) is 11.6. The Hall–Kier alpha value is -3.80. The summed E-state index contributed by atoms with van der Waals surface area (Å²) in [6, 6.07) is 20.0.